The molecule has 1 N–H and O–H groups in total. The lowest BCUT2D eigenvalue weighted by Crippen LogP contribution is -2.48. The summed E-state index contributed by atoms with van der Waals surface area (Å²) in [5, 5.41) is 3.63. The molecule has 2 aliphatic rings. The molecule has 2 saturated heterocycles. The van der Waals surface area contributed by atoms with Gasteiger partial charge in [0.1, 0.15) is 6.61 Å². The summed E-state index contributed by atoms with van der Waals surface area (Å²) in [5.41, 5.74) is 0. The van der Waals surface area contributed by atoms with Gasteiger partial charge in [0.15, 0.2) is 0 Å². The van der Waals surface area contributed by atoms with E-state index in [1.807, 2.05) is 0 Å². The second-order valence-electron chi connectivity index (χ2n) is 6.32. The SMILES string of the molecule is CCCN(CCCOCC(F)(F)F)C1CC2CCC(C1)N2. The second kappa shape index (κ2) is 7.79. The highest BCUT2D eigenvalue weighted by Crippen LogP contribution is 2.30. The fourth-order valence-electron chi connectivity index (χ4n) is 3.65. The zero-order valence-electron chi connectivity index (χ0n) is 12.8. The van der Waals surface area contributed by atoms with Crippen molar-refractivity contribution in [1.29, 1.82) is 0 Å². The Morgan fingerprint density at radius 3 is 2.38 bits per heavy atom. The van der Waals surface area contributed by atoms with Crippen LogP contribution < -0.4 is 5.32 Å². The van der Waals surface area contributed by atoms with Crippen LogP contribution in [-0.4, -0.2) is 55.5 Å². The number of piperidine rings is 1. The topological polar surface area (TPSA) is 24.5 Å². The lowest BCUT2D eigenvalue weighted by Gasteiger charge is -2.37. The summed E-state index contributed by atoms with van der Waals surface area (Å²) in [4.78, 5) is 2.46. The van der Waals surface area contributed by atoms with Gasteiger partial charge in [0.25, 0.3) is 0 Å². The molecular formula is C15H27F3N2O. The molecule has 0 saturated carbocycles. The maximum Gasteiger partial charge on any atom is 0.411 e. The molecule has 0 amide bonds. The number of hydrogen-bond acceptors (Lipinski definition) is 3. The third-order valence-corrected chi connectivity index (χ3v) is 4.48. The molecule has 2 rings (SSSR count). The van der Waals surface area contributed by atoms with Crippen LogP contribution in [0.2, 0.25) is 0 Å². The van der Waals surface area contributed by atoms with Crippen molar-refractivity contribution in [3.05, 3.63) is 0 Å². The quantitative estimate of drug-likeness (QED) is 0.698. The summed E-state index contributed by atoms with van der Waals surface area (Å²) < 4.78 is 40.7. The number of rotatable bonds is 8. The predicted octanol–water partition coefficient (Wildman–Crippen LogP) is 2.95. The Labute approximate surface area is 125 Å². The third kappa shape index (κ3) is 5.75. The minimum Gasteiger partial charge on any atom is -0.372 e. The van der Waals surface area contributed by atoms with E-state index in [0.717, 1.165) is 19.5 Å². The first-order valence-corrected chi connectivity index (χ1v) is 8.12. The van der Waals surface area contributed by atoms with Crippen LogP contribution in [0.25, 0.3) is 0 Å². The summed E-state index contributed by atoms with van der Waals surface area (Å²) in [6.45, 7) is 3.10. The lowest BCUT2D eigenvalue weighted by molar-refractivity contribution is -0.174. The molecule has 2 unspecified atom stereocenters. The van der Waals surface area contributed by atoms with Gasteiger partial charge < -0.3 is 15.0 Å². The van der Waals surface area contributed by atoms with Gasteiger partial charge in [0.05, 0.1) is 0 Å². The average Bonchev–Trinajstić information content (AvgIpc) is 2.74. The van der Waals surface area contributed by atoms with E-state index in [0.29, 0.717) is 24.5 Å². The normalized spacial score (nSPS) is 29.3. The zero-order chi connectivity index (χ0) is 15.3. The summed E-state index contributed by atoms with van der Waals surface area (Å²) in [6.07, 6.45) is 2.46. The van der Waals surface area contributed by atoms with E-state index < -0.39 is 12.8 Å². The van der Waals surface area contributed by atoms with Crippen molar-refractivity contribution in [1.82, 2.24) is 10.2 Å². The smallest absolute Gasteiger partial charge is 0.372 e. The van der Waals surface area contributed by atoms with Crippen LogP contribution in [0.15, 0.2) is 0 Å². The summed E-state index contributed by atoms with van der Waals surface area (Å²) in [5.74, 6) is 0. The number of hydrogen-bond donors (Lipinski definition) is 1. The molecule has 2 fully saturated rings. The van der Waals surface area contributed by atoms with Crippen molar-refractivity contribution in [2.45, 2.75) is 69.8 Å². The lowest BCUT2D eigenvalue weighted by atomic mass is 9.98. The van der Waals surface area contributed by atoms with Crippen LogP contribution in [0.5, 0.6) is 0 Å². The molecule has 0 aromatic rings. The van der Waals surface area contributed by atoms with Gasteiger partial charge in [0.2, 0.25) is 0 Å². The van der Waals surface area contributed by atoms with E-state index >= 15 is 0 Å². The van der Waals surface area contributed by atoms with E-state index in [1.165, 1.54) is 25.7 Å². The van der Waals surface area contributed by atoms with Gasteiger partial charge in [0, 0.05) is 31.3 Å². The van der Waals surface area contributed by atoms with Gasteiger partial charge >= 0.3 is 6.18 Å². The first-order valence-electron chi connectivity index (χ1n) is 8.12. The van der Waals surface area contributed by atoms with Crippen molar-refractivity contribution in [3.63, 3.8) is 0 Å². The molecule has 0 aromatic carbocycles. The highest BCUT2D eigenvalue weighted by atomic mass is 19.4. The van der Waals surface area contributed by atoms with Gasteiger partial charge in [-0.25, -0.2) is 0 Å². The second-order valence-corrected chi connectivity index (χ2v) is 6.32. The minimum absolute atomic E-state index is 0.192. The van der Waals surface area contributed by atoms with Crippen molar-refractivity contribution in [2.75, 3.05) is 26.3 Å². The first-order chi connectivity index (χ1) is 9.98. The molecule has 124 valence electrons. The van der Waals surface area contributed by atoms with E-state index in [4.69, 9.17) is 4.74 Å². The highest BCUT2D eigenvalue weighted by molar-refractivity contribution is 4.95. The van der Waals surface area contributed by atoms with E-state index in [9.17, 15) is 13.2 Å². The van der Waals surface area contributed by atoms with Crippen molar-refractivity contribution >= 4 is 0 Å². The summed E-state index contributed by atoms with van der Waals surface area (Å²) in [7, 11) is 0. The maximum absolute atomic E-state index is 12.0. The Morgan fingerprint density at radius 1 is 1.14 bits per heavy atom. The van der Waals surface area contributed by atoms with Gasteiger partial charge in [-0.3, -0.25) is 0 Å². The van der Waals surface area contributed by atoms with Gasteiger partial charge in [-0.15, -0.1) is 0 Å². The Morgan fingerprint density at radius 2 is 1.81 bits per heavy atom. The number of ether oxygens (including phenoxy) is 1. The molecule has 0 aliphatic carbocycles. The van der Waals surface area contributed by atoms with E-state index in [1.54, 1.807) is 0 Å². The Hall–Kier alpha value is -0.330. The molecule has 0 radical (unpaired) electrons. The number of alkyl halides is 3. The molecule has 2 heterocycles. The minimum atomic E-state index is -4.21. The number of halogens is 3. The summed E-state index contributed by atoms with van der Waals surface area (Å²) >= 11 is 0. The molecule has 0 aromatic heterocycles. The van der Waals surface area contributed by atoms with E-state index in [-0.39, 0.29) is 6.61 Å². The van der Waals surface area contributed by atoms with Crippen LogP contribution in [0.1, 0.15) is 45.4 Å². The van der Waals surface area contributed by atoms with Gasteiger partial charge in [-0.1, -0.05) is 6.92 Å². The maximum atomic E-state index is 12.0. The Kier molecular flexibility index (Phi) is 6.32. The van der Waals surface area contributed by atoms with Crippen LogP contribution in [0, 0.1) is 0 Å². The molecule has 2 aliphatic heterocycles. The fourth-order valence-corrected chi connectivity index (χ4v) is 3.65. The first kappa shape index (κ1) is 17.0. The van der Waals surface area contributed by atoms with Gasteiger partial charge in [-0.05, 0) is 45.1 Å². The highest BCUT2D eigenvalue weighted by Gasteiger charge is 2.35. The number of nitrogens with zero attached hydrogens (tertiary/aromatic N) is 1. The van der Waals surface area contributed by atoms with Crippen LogP contribution in [0.3, 0.4) is 0 Å². The van der Waals surface area contributed by atoms with Crippen LogP contribution in [0.4, 0.5) is 13.2 Å². The van der Waals surface area contributed by atoms with E-state index in [2.05, 4.69) is 17.1 Å². The third-order valence-electron chi connectivity index (χ3n) is 4.48. The standard InChI is InChI=1S/C15H27F3N2O/c1-2-6-20(7-3-8-21-11-15(16,17)18)14-9-12-4-5-13(10-14)19-12/h12-14,19H,2-11H2,1H3. The monoisotopic (exact) mass is 308 g/mol. The molecule has 2 atom stereocenters. The van der Waals surface area contributed by atoms with Gasteiger partial charge in [-0.2, -0.15) is 13.2 Å². The average molecular weight is 308 g/mol. The molecule has 2 bridgehead atoms. The number of nitrogens with one attached hydrogen (secondary N) is 1. The van der Waals surface area contributed by atoms with Crippen LogP contribution >= 0.6 is 0 Å². The molecular weight excluding hydrogens is 281 g/mol. The largest absolute Gasteiger partial charge is 0.411 e. The molecule has 6 heteroatoms. The number of fused-ring (bicyclic) bond motifs is 2. The van der Waals surface area contributed by atoms with Crippen molar-refractivity contribution in [2.24, 2.45) is 0 Å². The van der Waals surface area contributed by atoms with Crippen molar-refractivity contribution < 1.29 is 17.9 Å². The Bertz CT molecular complexity index is 300. The molecule has 3 nitrogen and oxygen atoms in total. The molecule has 0 spiro atoms. The Balaban J connectivity index is 1.69. The summed E-state index contributed by atoms with van der Waals surface area (Å²) in [6, 6.07) is 1.88. The predicted molar refractivity (Wildman–Crippen MR) is 76.3 cm³/mol. The molecule has 21 heavy (non-hydrogen) atoms. The van der Waals surface area contributed by atoms with Crippen molar-refractivity contribution in [3.8, 4) is 0 Å². The van der Waals surface area contributed by atoms with Crippen LogP contribution in [-0.2, 0) is 4.74 Å². The fraction of sp³-hybridized carbons (Fsp3) is 1.00. The zero-order valence-corrected chi connectivity index (χ0v) is 12.8.